The van der Waals surface area contributed by atoms with E-state index >= 15 is 0 Å². The van der Waals surface area contributed by atoms with Gasteiger partial charge in [-0.05, 0) is 24.3 Å². The van der Waals surface area contributed by atoms with Crippen LogP contribution in [0.3, 0.4) is 0 Å². The largest absolute Gasteiger partial charge is 0.396 e. The van der Waals surface area contributed by atoms with Crippen LogP contribution in [0.25, 0.3) is 0 Å². The SMILES string of the molecule is OC[C@@]12CCC[C@H]1CN(Cc1ccccc1)C2. The monoisotopic (exact) mass is 231 g/mol. The molecule has 1 N–H and O–H groups in total. The lowest BCUT2D eigenvalue weighted by Crippen LogP contribution is -2.30. The minimum absolute atomic E-state index is 0.231. The Morgan fingerprint density at radius 3 is 2.82 bits per heavy atom. The Morgan fingerprint density at radius 1 is 1.29 bits per heavy atom. The van der Waals surface area contributed by atoms with Crippen molar-refractivity contribution >= 4 is 0 Å². The van der Waals surface area contributed by atoms with Crippen molar-refractivity contribution in [2.24, 2.45) is 11.3 Å². The molecule has 1 aliphatic carbocycles. The average molecular weight is 231 g/mol. The molecule has 2 heteroatoms. The van der Waals surface area contributed by atoms with E-state index in [4.69, 9.17) is 0 Å². The summed E-state index contributed by atoms with van der Waals surface area (Å²) in [4.78, 5) is 2.52. The van der Waals surface area contributed by atoms with Gasteiger partial charge in [0.15, 0.2) is 0 Å². The fourth-order valence-electron chi connectivity index (χ4n) is 3.75. The van der Waals surface area contributed by atoms with Gasteiger partial charge in [-0.15, -0.1) is 0 Å². The molecular weight excluding hydrogens is 210 g/mol. The molecule has 17 heavy (non-hydrogen) atoms. The third-order valence-corrected chi connectivity index (χ3v) is 4.67. The topological polar surface area (TPSA) is 23.5 Å². The highest BCUT2D eigenvalue weighted by molar-refractivity contribution is 5.15. The third-order valence-electron chi connectivity index (χ3n) is 4.67. The van der Waals surface area contributed by atoms with Gasteiger partial charge in [0.25, 0.3) is 0 Å². The predicted molar refractivity (Wildman–Crippen MR) is 68.6 cm³/mol. The van der Waals surface area contributed by atoms with Gasteiger partial charge in [-0.1, -0.05) is 36.8 Å². The Labute approximate surface area is 103 Å². The molecule has 1 heterocycles. The Hall–Kier alpha value is -0.860. The summed E-state index contributed by atoms with van der Waals surface area (Å²) in [5.41, 5.74) is 1.62. The first-order chi connectivity index (χ1) is 8.32. The molecule has 0 amide bonds. The molecular formula is C15H21NO. The zero-order chi connectivity index (χ0) is 11.7. The fourth-order valence-corrected chi connectivity index (χ4v) is 3.75. The molecule has 2 fully saturated rings. The first-order valence-corrected chi connectivity index (χ1v) is 6.69. The Morgan fingerprint density at radius 2 is 2.12 bits per heavy atom. The number of fused-ring (bicyclic) bond motifs is 1. The van der Waals surface area contributed by atoms with Gasteiger partial charge < -0.3 is 5.11 Å². The number of likely N-dealkylation sites (tertiary alicyclic amines) is 1. The maximum atomic E-state index is 9.68. The lowest BCUT2D eigenvalue weighted by molar-refractivity contribution is 0.111. The molecule has 3 rings (SSSR count). The van der Waals surface area contributed by atoms with Gasteiger partial charge in [0, 0.05) is 25.0 Å². The summed E-state index contributed by atoms with van der Waals surface area (Å²) in [5.74, 6) is 0.733. The molecule has 2 aliphatic rings. The molecule has 0 radical (unpaired) electrons. The van der Waals surface area contributed by atoms with Crippen molar-refractivity contribution in [3.63, 3.8) is 0 Å². The van der Waals surface area contributed by atoms with Crippen LogP contribution >= 0.6 is 0 Å². The van der Waals surface area contributed by atoms with E-state index in [0.29, 0.717) is 6.61 Å². The van der Waals surface area contributed by atoms with Crippen LogP contribution in [0.4, 0.5) is 0 Å². The van der Waals surface area contributed by atoms with E-state index in [2.05, 4.69) is 35.2 Å². The molecule has 1 saturated heterocycles. The lowest BCUT2D eigenvalue weighted by Gasteiger charge is -2.26. The number of hydrogen-bond donors (Lipinski definition) is 1. The fraction of sp³-hybridized carbons (Fsp3) is 0.600. The quantitative estimate of drug-likeness (QED) is 0.862. The van der Waals surface area contributed by atoms with Gasteiger partial charge in [0.1, 0.15) is 0 Å². The van der Waals surface area contributed by atoms with E-state index in [1.807, 2.05) is 0 Å². The Bertz CT molecular complexity index is 378. The smallest absolute Gasteiger partial charge is 0.0502 e. The molecule has 0 unspecified atom stereocenters. The van der Waals surface area contributed by atoms with Crippen molar-refractivity contribution in [3.05, 3.63) is 35.9 Å². The van der Waals surface area contributed by atoms with Crippen LogP contribution in [0, 0.1) is 11.3 Å². The van der Waals surface area contributed by atoms with Crippen LogP contribution < -0.4 is 0 Å². The molecule has 0 bridgehead atoms. The molecule has 2 nitrogen and oxygen atoms in total. The number of aliphatic hydroxyl groups is 1. The summed E-state index contributed by atoms with van der Waals surface area (Å²) in [7, 11) is 0. The first-order valence-electron chi connectivity index (χ1n) is 6.69. The molecule has 2 atom stereocenters. The summed E-state index contributed by atoms with van der Waals surface area (Å²) in [6.45, 7) is 3.68. The van der Waals surface area contributed by atoms with Crippen molar-refractivity contribution < 1.29 is 5.11 Å². The van der Waals surface area contributed by atoms with Crippen LogP contribution in [0.15, 0.2) is 30.3 Å². The van der Waals surface area contributed by atoms with Crippen molar-refractivity contribution in [2.75, 3.05) is 19.7 Å². The van der Waals surface area contributed by atoms with Gasteiger partial charge in [-0.25, -0.2) is 0 Å². The second-order valence-electron chi connectivity index (χ2n) is 5.76. The number of hydrogen-bond acceptors (Lipinski definition) is 2. The standard InChI is InChI=1S/C15H21NO/c17-12-15-8-4-7-14(15)10-16(11-15)9-13-5-2-1-3-6-13/h1-3,5-6,14,17H,4,7-12H2/t14-,15-/m0/s1. The second kappa shape index (κ2) is 4.43. The van der Waals surface area contributed by atoms with E-state index < -0.39 is 0 Å². The number of aliphatic hydroxyl groups excluding tert-OH is 1. The molecule has 0 spiro atoms. The van der Waals surface area contributed by atoms with Gasteiger partial charge in [-0.3, -0.25) is 4.90 Å². The highest BCUT2D eigenvalue weighted by atomic mass is 16.3. The zero-order valence-electron chi connectivity index (χ0n) is 10.3. The summed E-state index contributed by atoms with van der Waals surface area (Å²) in [5, 5.41) is 9.68. The zero-order valence-corrected chi connectivity index (χ0v) is 10.3. The average Bonchev–Trinajstić information content (AvgIpc) is 2.87. The molecule has 1 aromatic rings. The summed E-state index contributed by atoms with van der Waals surface area (Å²) < 4.78 is 0. The summed E-state index contributed by atoms with van der Waals surface area (Å²) >= 11 is 0. The predicted octanol–water partition coefficient (Wildman–Crippen LogP) is 2.28. The third kappa shape index (κ3) is 2.00. The maximum absolute atomic E-state index is 9.68. The molecule has 92 valence electrons. The number of benzene rings is 1. The van der Waals surface area contributed by atoms with E-state index in [0.717, 1.165) is 19.0 Å². The van der Waals surface area contributed by atoms with E-state index in [9.17, 15) is 5.11 Å². The minimum Gasteiger partial charge on any atom is -0.396 e. The van der Waals surface area contributed by atoms with Crippen LogP contribution in [0.1, 0.15) is 24.8 Å². The van der Waals surface area contributed by atoms with Gasteiger partial charge >= 0.3 is 0 Å². The van der Waals surface area contributed by atoms with E-state index in [1.165, 1.54) is 31.4 Å². The second-order valence-corrected chi connectivity index (χ2v) is 5.76. The first kappa shape index (κ1) is 11.2. The minimum atomic E-state index is 0.231. The van der Waals surface area contributed by atoms with Crippen molar-refractivity contribution in [1.82, 2.24) is 4.90 Å². The van der Waals surface area contributed by atoms with Crippen LogP contribution in [0.2, 0.25) is 0 Å². The van der Waals surface area contributed by atoms with Crippen molar-refractivity contribution in [3.8, 4) is 0 Å². The molecule has 1 saturated carbocycles. The van der Waals surface area contributed by atoms with Crippen LogP contribution in [-0.2, 0) is 6.54 Å². The number of nitrogens with zero attached hydrogens (tertiary/aromatic N) is 1. The van der Waals surface area contributed by atoms with E-state index in [-0.39, 0.29) is 5.41 Å². The highest BCUT2D eigenvalue weighted by Gasteiger charge is 2.48. The van der Waals surface area contributed by atoms with Crippen molar-refractivity contribution in [1.29, 1.82) is 0 Å². The normalized spacial score (nSPS) is 32.9. The van der Waals surface area contributed by atoms with Crippen molar-refractivity contribution in [2.45, 2.75) is 25.8 Å². The Balaban J connectivity index is 1.68. The molecule has 1 aromatic carbocycles. The lowest BCUT2D eigenvalue weighted by atomic mass is 9.82. The van der Waals surface area contributed by atoms with E-state index in [1.54, 1.807) is 0 Å². The van der Waals surface area contributed by atoms with Gasteiger partial charge in [-0.2, -0.15) is 0 Å². The van der Waals surface area contributed by atoms with Crippen LogP contribution in [-0.4, -0.2) is 29.7 Å². The molecule has 0 aromatic heterocycles. The number of rotatable bonds is 3. The van der Waals surface area contributed by atoms with Gasteiger partial charge in [0.2, 0.25) is 0 Å². The molecule has 1 aliphatic heterocycles. The van der Waals surface area contributed by atoms with Gasteiger partial charge in [0.05, 0.1) is 6.61 Å². The summed E-state index contributed by atoms with van der Waals surface area (Å²) in [6.07, 6.45) is 3.84. The Kier molecular flexibility index (Phi) is 2.93. The maximum Gasteiger partial charge on any atom is 0.0502 e. The summed E-state index contributed by atoms with van der Waals surface area (Å²) in [6, 6.07) is 10.7. The van der Waals surface area contributed by atoms with Crippen LogP contribution in [0.5, 0.6) is 0 Å². The highest BCUT2D eigenvalue weighted by Crippen LogP contribution is 2.48.